The number of aryl methyl sites for hydroxylation is 2. The topological polar surface area (TPSA) is 76.0 Å². The Hall–Kier alpha value is -1.75. The smallest absolute Gasteiger partial charge is 0.342 e. The number of fused-ring (bicyclic) bond motifs is 1. The van der Waals surface area contributed by atoms with Crippen LogP contribution in [-0.4, -0.2) is 33.5 Å². The van der Waals surface area contributed by atoms with Crippen molar-refractivity contribution in [3.8, 4) is 11.5 Å². The van der Waals surface area contributed by atoms with E-state index in [-0.39, 0.29) is 5.75 Å². The van der Waals surface area contributed by atoms with Crippen LogP contribution >= 0.6 is 0 Å². The number of benzene rings is 1. The summed E-state index contributed by atoms with van der Waals surface area (Å²) in [6, 6.07) is 3.39. The van der Waals surface area contributed by atoms with Gasteiger partial charge in [-0.1, -0.05) is 0 Å². The first-order chi connectivity index (χ1) is 10.0. The minimum absolute atomic E-state index is 0.222. The zero-order valence-corrected chi connectivity index (χ0v) is 13.8. The van der Waals surface area contributed by atoms with Crippen LogP contribution in [0.4, 0.5) is 0 Å². The number of ether oxygens (including phenoxy) is 2. The summed E-state index contributed by atoms with van der Waals surface area (Å²) < 4.78 is 11.1. The maximum absolute atomic E-state index is 12.2. The second kappa shape index (κ2) is 5.47. The highest BCUT2D eigenvalue weighted by molar-refractivity contribution is 5.80. The molecule has 0 bridgehead atoms. The normalized spacial score (nSPS) is 20.5. The molecule has 0 aliphatic carbocycles. The molecule has 0 aromatic heterocycles. The standard InChI is InChI=1S/C17H24O5/c1-10-8-13-11(9-12(10)18)6-7-14(21-13)17(5,20)15(19)22-16(2,3)4/h8-9,14,18,20H,6-7H2,1-5H3/t14-,17+/m1/s1. The van der Waals surface area contributed by atoms with Gasteiger partial charge < -0.3 is 19.7 Å². The Kier molecular flexibility index (Phi) is 4.13. The van der Waals surface area contributed by atoms with Crippen molar-refractivity contribution in [2.45, 2.75) is 64.8 Å². The summed E-state index contributed by atoms with van der Waals surface area (Å²) >= 11 is 0. The molecular weight excluding hydrogens is 284 g/mol. The van der Waals surface area contributed by atoms with E-state index in [1.165, 1.54) is 6.92 Å². The molecule has 2 N–H and O–H groups in total. The van der Waals surface area contributed by atoms with Crippen LogP contribution in [0.15, 0.2) is 12.1 Å². The third-order valence-electron chi connectivity index (χ3n) is 3.76. The third-order valence-corrected chi connectivity index (χ3v) is 3.76. The fraction of sp³-hybridized carbons (Fsp3) is 0.588. The molecule has 1 aliphatic rings. The lowest BCUT2D eigenvalue weighted by atomic mass is 9.90. The van der Waals surface area contributed by atoms with E-state index in [0.717, 1.165) is 5.56 Å². The number of hydrogen-bond donors (Lipinski definition) is 2. The molecule has 0 unspecified atom stereocenters. The Morgan fingerprint density at radius 3 is 2.55 bits per heavy atom. The molecule has 5 heteroatoms. The monoisotopic (exact) mass is 308 g/mol. The average molecular weight is 308 g/mol. The highest BCUT2D eigenvalue weighted by Gasteiger charge is 2.45. The van der Waals surface area contributed by atoms with E-state index >= 15 is 0 Å². The molecule has 0 saturated carbocycles. The summed E-state index contributed by atoms with van der Waals surface area (Å²) in [6.07, 6.45) is 0.410. The maximum atomic E-state index is 12.2. The van der Waals surface area contributed by atoms with Crippen LogP contribution in [0.1, 0.15) is 45.2 Å². The molecule has 1 aliphatic heterocycles. The van der Waals surface area contributed by atoms with E-state index in [0.29, 0.717) is 24.2 Å². The Morgan fingerprint density at radius 2 is 1.95 bits per heavy atom. The Morgan fingerprint density at radius 1 is 1.32 bits per heavy atom. The zero-order chi connectivity index (χ0) is 16.7. The van der Waals surface area contributed by atoms with Crippen LogP contribution in [0, 0.1) is 6.92 Å². The SMILES string of the molecule is Cc1cc2c(cc1O)CC[C@H]([C@](C)(O)C(=O)OC(C)(C)C)O2. The van der Waals surface area contributed by atoms with Crippen LogP contribution in [0.25, 0.3) is 0 Å². The quantitative estimate of drug-likeness (QED) is 0.821. The van der Waals surface area contributed by atoms with Gasteiger partial charge in [-0.3, -0.25) is 0 Å². The molecule has 0 spiro atoms. The predicted octanol–water partition coefficient (Wildman–Crippen LogP) is 2.49. The lowest BCUT2D eigenvalue weighted by Crippen LogP contribution is -2.53. The fourth-order valence-corrected chi connectivity index (χ4v) is 2.43. The molecule has 1 heterocycles. The number of aliphatic hydroxyl groups is 1. The van der Waals surface area contributed by atoms with Crippen LogP contribution in [-0.2, 0) is 16.0 Å². The first-order valence-corrected chi connectivity index (χ1v) is 7.45. The number of carbonyl (C=O) groups excluding carboxylic acids is 1. The first kappa shape index (κ1) is 16.6. The van der Waals surface area contributed by atoms with Gasteiger partial charge >= 0.3 is 5.97 Å². The number of phenols is 1. The summed E-state index contributed by atoms with van der Waals surface area (Å²) in [4.78, 5) is 12.2. The van der Waals surface area contributed by atoms with Crippen LogP contribution in [0.2, 0.25) is 0 Å². The van der Waals surface area contributed by atoms with Crippen molar-refractivity contribution >= 4 is 5.97 Å². The average Bonchev–Trinajstić information content (AvgIpc) is 2.37. The highest BCUT2D eigenvalue weighted by Crippen LogP contribution is 2.36. The largest absolute Gasteiger partial charge is 0.508 e. The first-order valence-electron chi connectivity index (χ1n) is 7.45. The third kappa shape index (κ3) is 3.35. The van der Waals surface area contributed by atoms with Gasteiger partial charge in [0.15, 0.2) is 5.60 Å². The minimum Gasteiger partial charge on any atom is -0.508 e. The molecule has 1 aromatic carbocycles. The van der Waals surface area contributed by atoms with E-state index in [2.05, 4.69) is 0 Å². The van der Waals surface area contributed by atoms with E-state index < -0.39 is 23.3 Å². The van der Waals surface area contributed by atoms with Crippen molar-refractivity contribution in [3.63, 3.8) is 0 Å². The molecule has 5 nitrogen and oxygen atoms in total. The number of phenolic OH excluding ortho intramolecular Hbond substituents is 1. The van der Waals surface area contributed by atoms with E-state index in [4.69, 9.17) is 9.47 Å². The molecule has 1 aromatic rings. The summed E-state index contributed by atoms with van der Waals surface area (Å²) in [7, 11) is 0. The fourth-order valence-electron chi connectivity index (χ4n) is 2.43. The van der Waals surface area contributed by atoms with Crippen molar-refractivity contribution in [1.82, 2.24) is 0 Å². The van der Waals surface area contributed by atoms with E-state index in [9.17, 15) is 15.0 Å². The van der Waals surface area contributed by atoms with Crippen molar-refractivity contribution < 1.29 is 24.5 Å². The van der Waals surface area contributed by atoms with E-state index in [1.807, 2.05) is 0 Å². The number of esters is 1. The number of rotatable bonds is 2. The molecule has 0 fully saturated rings. The van der Waals surface area contributed by atoms with Gasteiger partial charge in [0.25, 0.3) is 0 Å². The van der Waals surface area contributed by atoms with Gasteiger partial charge in [-0.05, 0) is 70.7 Å². The van der Waals surface area contributed by atoms with Crippen molar-refractivity contribution in [2.24, 2.45) is 0 Å². The molecule has 22 heavy (non-hydrogen) atoms. The summed E-state index contributed by atoms with van der Waals surface area (Å²) in [5.41, 5.74) is -0.831. The van der Waals surface area contributed by atoms with Gasteiger partial charge in [0.1, 0.15) is 23.2 Å². The van der Waals surface area contributed by atoms with Gasteiger partial charge in [0.2, 0.25) is 0 Å². The lowest BCUT2D eigenvalue weighted by molar-refractivity contribution is -0.185. The van der Waals surface area contributed by atoms with Crippen LogP contribution < -0.4 is 4.74 Å². The molecule has 0 radical (unpaired) electrons. The summed E-state index contributed by atoms with van der Waals surface area (Å²) in [5, 5.41) is 20.3. The van der Waals surface area contributed by atoms with Crippen molar-refractivity contribution in [3.05, 3.63) is 23.3 Å². The molecule has 0 saturated heterocycles. The second-order valence-electron chi connectivity index (χ2n) is 7.04. The molecule has 0 amide bonds. The predicted molar refractivity (Wildman–Crippen MR) is 82.0 cm³/mol. The highest BCUT2D eigenvalue weighted by atomic mass is 16.6. The van der Waals surface area contributed by atoms with Gasteiger partial charge in [0.05, 0.1) is 0 Å². The summed E-state index contributed by atoms with van der Waals surface area (Å²) in [5.74, 6) is 0.124. The van der Waals surface area contributed by atoms with Crippen molar-refractivity contribution in [1.29, 1.82) is 0 Å². The Balaban J connectivity index is 2.20. The van der Waals surface area contributed by atoms with Crippen LogP contribution in [0.3, 0.4) is 0 Å². The maximum Gasteiger partial charge on any atom is 0.342 e. The second-order valence-corrected chi connectivity index (χ2v) is 7.04. The Labute approximate surface area is 130 Å². The lowest BCUT2D eigenvalue weighted by Gasteiger charge is -2.36. The number of carbonyl (C=O) groups is 1. The zero-order valence-electron chi connectivity index (χ0n) is 13.8. The summed E-state index contributed by atoms with van der Waals surface area (Å²) in [6.45, 7) is 8.46. The minimum atomic E-state index is -1.73. The molecule has 2 rings (SSSR count). The molecule has 122 valence electrons. The number of aromatic hydroxyl groups is 1. The van der Waals surface area contributed by atoms with Gasteiger partial charge in [-0.15, -0.1) is 0 Å². The van der Waals surface area contributed by atoms with E-state index in [1.54, 1.807) is 39.8 Å². The van der Waals surface area contributed by atoms with Gasteiger partial charge in [-0.2, -0.15) is 0 Å². The van der Waals surface area contributed by atoms with Crippen molar-refractivity contribution in [2.75, 3.05) is 0 Å². The van der Waals surface area contributed by atoms with Gasteiger partial charge in [0, 0.05) is 0 Å². The Bertz CT molecular complexity index is 583. The molecule has 2 atom stereocenters. The molecular formula is C17H24O5. The number of hydrogen-bond acceptors (Lipinski definition) is 5. The van der Waals surface area contributed by atoms with Crippen LogP contribution in [0.5, 0.6) is 11.5 Å². The van der Waals surface area contributed by atoms with Gasteiger partial charge in [-0.25, -0.2) is 4.79 Å².